The predicted octanol–water partition coefficient (Wildman–Crippen LogP) is 4.23. The highest BCUT2D eigenvalue weighted by molar-refractivity contribution is 5.68. The first-order valence-electron chi connectivity index (χ1n) is 8.51. The summed E-state index contributed by atoms with van der Waals surface area (Å²) in [7, 11) is 1.83. The Morgan fingerprint density at radius 2 is 1.86 bits per heavy atom. The molecule has 0 N–H and O–H groups in total. The van der Waals surface area contributed by atoms with Crippen LogP contribution in [0.4, 0.5) is 4.79 Å². The number of hydrogen-bond acceptors (Lipinski definition) is 3. The fraction of sp³-hybridized carbons (Fsp3) is 0.944. The molecule has 1 saturated carbocycles. The van der Waals surface area contributed by atoms with E-state index >= 15 is 0 Å². The number of amides is 1. The minimum absolute atomic E-state index is 0.0535. The first-order chi connectivity index (χ1) is 9.91. The first-order valence-corrected chi connectivity index (χ1v) is 8.51. The van der Waals surface area contributed by atoms with E-state index in [0.717, 1.165) is 19.3 Å². The normalized spacial score (nSPS) is 34.7. The lowest BCUT2D eigenvalue weighted by Gasteiger charge is -2.45. The van der Waals surface area contributed by atoms with Gasteiger partial charge in [-0.3, -0.25) is 0 Å². The molecule has 1 aliphatic carbocycles. The number of likely N-dealkylation sites (N-methyl/N-ethyl adjacent to an activating group) is 1. The van der Waals surface area contributed by atoms with E-state index in [1.54, 1.807) is 4.90 Å². The summed E-state index contributed by atoms with van der Waals surface area (Å²) in [4.78, 5) is 14.0. The lowest BCUT2D eigenvalue weighted by Crippen LogP contribution is -2.44. The van der Waals surface area contributed by atoms with Crippen LogP contribution in [0.25, 0.3) is 0 Å². The molecule has 0 aromatic heterocycles. The third kappa shape index (κ3) is 4.15. The van der Waals surface area contributed by atoms with E-state index in [9.17, 15) is 4.79 Å². The van der Waals surface area contributed by atoms with Crippen LogP contribution >= 0.6 is 0 Å². The zero-order chi connectivity index (χ0) is 16.8. The van der Waals surface area contributed by atoms with Gasteiger partial charge in [0, 0.05) is 7.05 Å². The topological polar surface area (TPSA) is 38.8 Å². The van der Waals surface area contributed by atoms with Gasteiger partial charge in [-0.2, -0.15) is 0 Å². The quantitative estimate of drug-likeness (QED) is 0.727. The Kier molecular flexibility index (Phi) is 4.55. The van der Waals surface area contributed by atoms with Crippen molar-refractivity contribution >= 4 is 6.09 Å². The van der Waals surface area contributed by atoms with Gasteiger partial charge in [-0.05, 0) is 57.8 Å². The highest BCUT2D eigenvalue weighted by Gasteiger charge is 2.49. The van der Waals surface area contributed by atoms with Crippen molar-refractivity contribution in [1.29, 1.82) is 0 Å². The molecule has 1 spiro atoms. The summed E-state index contributed by atoms with van der Waals surface area (Å²) in [6.07, 6.45) is 4.13. The van der Waals surface area contributed by atoms with Gasteiger partial charge in [0.2, 0.25) is 0 Å². The number of nitrogens with zero attached hydrogens (tertiary/aromatic N) is 1. The zero-order valence-corrected chi connectivity index (χ0v) is 15.4. The monoisotopic (exact) mass is 311 g/mol. The van der Waals surface area contributed by atoms with Gasteiger partial charge >= 0.3 is 6.09 Å². The van der Waals surface area contributed by atoms with Gasteiger partial charge in [0.15, 0.2) is 0 Å². The van der Waals surface area contributed by atoms with Crippen LogP contribution in [-0.2, 0) is 9.47 Å². The summed E-state index contributed by atoms with van der Waals surface area (Å²) < 4.78 is 11.7. The minimum Gasteiger partial charge on any atom is -0.444 e. The Balaban J connectivity index is 2.01. The van der Waals surface area contributed by atoms with E-state index in [1.165, 1.54) is 6.42 Å². The molecule has 0 aromatic carbocycles. The second-order valence-corrected chi connectivity index (χ2v) is 9.30. The van der Waals surface area contributed by atoms with Crippen LogP contribution in [0.2, 0.25) is 0 Å². The lowest BCUT2D eigenvalue weighted by atomic mass is 9.65. The summed E-state index contributed by atoms with van der Waals surface area (Å²) >= 11 is 0. The summed E-state index contributed by atoms with van der Waals surface area (Å²) in [6.45, 7) is 13.3. The Hall–Kier alpha value is -0.770. The van der Waals surface area contributed by atoms with Crippen LogP contribution in [0.3, 0.4) is 0 Å². The molecular formula is C18H33NO3. The molecule has 2 fully saturated rings. The van der Waals surface area contributed by atoms with Crippen molar-refractivity contribution in [1.82, 2.24) is 4.90 Å². The minimum atomic E-state index is -0.455. The molecule has 0 bridgehead atoms. The smallest absolute Gasteiger partial charge is 0.410 e. The van der Waals surface area contributed by atoms with Gasteiger partial charge in [-0.25, -0.2) is 4.79 Å². The maximum Gasteiger partial charge on any atom is 0.410 e. The number of carbonyl (C=O) groups is 1. The van der Waals surface area contributed by atoms with E-state index in [4.69, 9.17) is 9.47 Å². The molecule has 3 atom stereocenters. The molecule has 1 amide bonds. The zero-order valence-electron chi connectivity index (χ0n) is 15.4. The molecule has 1 heterocycles. The molecule has 1 saturated heterocycles. The van der Waals surface area contributed by atoms with Crippen molar-refractivity contribution in [2.75, 3.05) is 13.7 Å². The van der Waals surface area contributed by atoms with Gasteiger partial charge in [-0.15, -0.1) is 0 Å². The maximum absolute atomic E-state index is 12.3. The molecule has 1 aliphatic heterocycles. The van der Waals surface area contributed by atoms with Gasteiger partial charge < -0.3 is 14.4 Å². The standard InChI is InChI=1S/C18H33NO3/c1-13-8-17(5,6)12-18(9-13)10-14(11-21-18)19(7)15(20)22-16(2,3)4/h13-14H,8-12H2,1-7H3/t13-,14+,18+/m1/s1. The van der Waals surface area contributed by atoms with Crippen LogP contribution < -0.4 is 0 Å². The number of rotatable bonds is 1. The van der Waals surface area contributed by atoms with Crippen LogP contribution in [0, 0.1) is 11.3 Å². The highest BCUT2D eigenvalue weighted by Crippen LogP contribution is 2.50. The Labute approximate surface area is 135 Å². The van der Waals surface area contributed by atoms with Crippen LogP contribution in [0.1, 0.15) is 67.2 Å². The summed E-state index contributed by atoms with van der Waals surface area (Å²) in [6, 6.07) is 0.121. The molecule has 2 rings (SSSR count). The van der Waals surface area contributed by atoms with Crippen molar-refractivity contribution in [3.05, 3.63) is 0 Å². The Morgan fingerprint density at radius 3 is 2.41 bits per heavy atom. The van der Waals surface area contributed by atoms with Crippen molar-refractivity contribution in [3.63, 3.8) is 0 Å². The molecule has 22 heavy (non-hydrogen) atoms. The number of ether oxygens (including phenoxy) is 2. The summed E-state index contributed by atoms with van der Waals surface area (Å²) in [5, 5.41) is 0. The average molecular weight is 311 g/mol. The molecule has 0 radical (unpaired) electrons. The summed E-state index contributed by atoms with van der Waals surface area (Å²) in [5.41, 5.74) is -0.191. The molecule has 0 unspecified atom stereocenters. The maximum atomic E-state index is 12.3. The molecule has 2 aliphatic rings. The predicted molar refractivity (Wildman–Crippen MR) is 87.9 cm³/mol. The van der Waals surface area contributed by atoms with Gasteiger partial charge in [0.1, 0.15) is 5.60 Å². The third-order valence-corrected chi connectivity index (χ3v) is 4.84. The molecule has 4 nitrogen and oxygen atoms in total. The van der Waals surface area contributed by atoms with E-state index in [-0.39, 0.29) is 17.7 Å². The largest absolute Gasteiger partial charge is 0.444 e. The highest BCUT2D eigenvalue weighted by atomic mass is 16.6. The first kappa shape index (κ1) is 17.6. The molecule has 128 valence electrons. The van der Waals surface area contributed by atoms with Gasteiger partial charge in [-0.1, -0.05) is 20.8 Å². The van der Waals surface area contributed by atoms with E-state index in [0.29, 0.717) is 17.9 Å². The lowest BCUT2D eigenvalue weighted by molar-refractivity contribution is -0.0753. The molecular weight excluding hydrogens is 278 g/mol. The third-order valence-electron chi connectivity index (χ3n) is 4.84. The SMILES string of the molecule is C[C@@H]1CC(C)(C)C[C@]2(C1)C[C@H](N(C)C(=O)OC(C)(C)C)CO2. The van der Waals surface area contributed by atoms with Crippen molar-refractivity contribution < 1.29 is 14.3 Å². The van der Waals surface area contributed by atoms with Crippen molar-refractivity contribution in [3.8, 4) is 0 Å². The van der Waals surface area contributed by atoms with E-state index < -0.39 is 5.60 Å². The van der Waals surface area contributed by atoms with Crippen molar-refractivity contribution in [2.45, 2.75) is 84.5 Å². The van der Waals surface area contributed by atoms with Crippen LogP contribution in [0.5, 0.6) is 0 Å². The second-order valence-electron chi connectivity index (χ2n) is 9.30. The number of hydrogen-bond donors (Lipinski definition) is 0. The van der Waals surface area contributed by atoms with Crippen LogP contribution in [0.15, 0.2) is 0 Å². The van der Waals surface area contributed by atoms with E-state index in [1.807, 2.05) is 27.8 Å². The Morgan fingerprint density at radius 1 is 1.23 bits per heavy atom. The fourth-order valence-electron chi connectivity index (χ4n) is 4.48. The van der Waals surface area contributed by atoms with Crippen molar-refractivity contribution in [2.24, 2.45) is 11.3 Å². The molecule has 0 aromatic rings. The van der Waals surface area contributed by atoms with Gasteiger partial charge in [0.05, 0.1) is 18.2 Å². The molecule has 4 heteroatoms. The number of carbonyl (C=O) groups excluding carboxylic acids is 1. The van der Waals surface area contributed by atoms with Gasteiger partial charge in [0.25, 0.3) is 0 Å². The second kappa shape index (κ2) is 5.70. The fourth-order valence-corrected chi connectivity index (χ4v) is 4.48. The Bertz CT molecular complexity index is 427. The summed E-state index contributed by atoms with van der Waals surface area (Å²) in [5.74, 6) is 0.675. The van der Waals surface area contributed by atoms with E-state index in [2.05, 4.69) is 20.8 Å². The average Bonchev–Trinajstić information content (AvgIpc) is 2.65. The van der Waals surface area contributed by atoms with Crippen LogP contribution in [-0.4, -0.2) is 41.9 Å².